The molecule has 0 aliphatic carbocycles. The summed E-state index contributed by atoms with van der Waals surface area (Å²) in [7, 11) is 0. The van der Waals surface area contributed by atoms with Gasteiger partial charge in [-0.1, -0.05) is 231 Å². The average Bonchev–Trinajstić information content (AvgIpc) is 4.15. The van der Waals surface area contributed by atoms with Crippen LogP contribution in [0.1, 0.15) is 0 Å². The number of aromatic nitrogens is 2. The van der Waals surface area contributed by atoms with E-state index in [1.807, 2.05) is 0 Å². The second-order valence-electron chi connectivity index (χ2n) is 19.5. The summed E-state index contributed by atoms with van der Waals surface area (Å²) < 4.78 is 4.92. The molecule has 2 aromatic heterocycles. The molecule has 344 valence electrons. The summed E-state index contributed by atoms with van der Waals surface area (Å²) in [5.74, 6) is 0. The minimum atomic E-state index is 1.10. The van der Waals surface area contributed by atoms with Crippen LogP contribution < -0.4 is 0 Å². The van der Waals surface area contributed by atoms with Crippen molar-refractivity contribution in [1.82, 2.24) is 9.13 Å². The molecule has 15 aromatic rings. The first-order valence-electron chi connectivity index (χ1n) is 25.6. The molecule has 0 amide bonds. The quantitative estimate of drug-likeness (QED) is 0.106. The van der Waals surface area contributed by atoms with Crippen molar-refractivity contribution in [3.8, 4) is 78.7 Å². The molecule has 0 atom stereocenters. The molecule has 0 fully saturated rings. The van der Waals surface area contributed by atoms with E-state index >= 15 is 0 Å². The standard InChI is InChI=1S/C72H46N2/c1-5-18-48(19-6-1)65-41-42-66(49-20-7-2-8-21-49)73(65)55-36-40-62-63(45-55)71(58-30-16-26-47-17-13-14-29-57(47)58)61-39-35-56(74-67(50-22-9-3-10-23-50)43-44-68(74)51-24-11-4-12-25-51)46-64(61)72(62)60-38-34-54-32-31-52-27-15-28-53-33-37-59(60)70(54)69(52)53/h1-46H. The highest BCUT2D eigenvalue weighted by molar-refractivity contribution is 6.30. The average molecular weight is 939 g/mol. The minimum absolute atomic E-state index is 1.10. The summed E-state index contributed by atoms with van der Waals surface area (Å²) in [5.41, 5.74) is 16.3. The van der Waals surface area contributed by atoms with Crippen LogP contribution in [0.2, 0.25) is 0 Å². The van der Waals surface area contributed by atoms with Crippen LogP contribution in [0.3, 0.4) is 0 Å². The first-order chi connectivity index (χ1) is 36.7. The summed E-state index contributed by atoms with van der Waals surface area (Å²) >= 11 is 0. The molecule has 0 unspecified atom stereocenters. The highest BCUT2D eigenvalue weighted by Crippen LogP contribution is 2.50. The SMILES string of the molecule is c1ccc(-c2ccc(-c3ccccc3)n2-c2ccc3c(-c4ccc5ccc6cccc7ccc4c5c67)c4cc(-n5c(-c6ccccc6)ccc5-c5ccccc5)ccc4c(-c4cccc5ccccc45)c3c2)cc1. The summed E-state index contributed by atoms with van der Waals surface area (Å²) in [6, 6.07) is 103. The lowest BCUT2D eigenvalue weighted by atomic mass is 9.82. The number of hydrogen-bond donors (Lipinski definition) is 0. The zero-order valence-electron chi connectivity index (χ0n) is 40.5. The van der Waals surface area contributed by atoms with Crippen LogP contribution >= 0.6 is 0 Å². The molecule has 0 saturated carbocycles. The van der Waals surface area contributed by atoms with Gasteiger partial charge in [-0.3, -0.25) is 0 Å². The fourth-order valence-electron chi connectivity index (χ4n) is 12.2. The Kier molecular flexibility index (Phi) is 9.61. The molecule has 0 bridgehead atoms. The Morgan fingerprint density at radius 2 is 0.568 bits per heavy atom. The first-order valence-corrected chi connectivity index (χ1v) is 25.6. The largest absolute Gasteiger partial charge is 0.309 e. The summed E-state index contributed by atoms with van der Waals surface area (Å²) in [6.45, 7) is 0. The van der Waals surface area contributed by atoms with Crippen molar-refractivity contribution in [2.45, 2.75) is 0 Å². The summed E-state index contributed by atoms with van der Waals surface area (Å²) in [5, 5.41) is 14.9. The Labute approximate surface area is 429 Å². The van der Waals surface area contributed by atoms with Gasteiger partial charge in [-0.2, -0.15) is 0 Å². The van der Waals surface area contributed by atoms with E-state index in [4.69, 9.17) is 0 Å². The molecule has 0 aliphatic heterocycles. The summed E-state index contributed by atoms with van der Waals surface area (Å²) in [4.78, 5) is 0. The zero-order chi connectivity index (χ0) is 48.7. The van der Waals surface area contributed by atoms with Crippen LogP contribution in [-0.4, -0.2) is 9.13 Å². The maximum atomic E-state index is 2.48. The van der Waals surface area contributed by atoms with E-state index in [-0.39, 0.29) is 0 Å². The second-order valence-corrected chi connectivity index (χ2v) is 19.5. The van der Waals surface area contributed by atoms with Crippen LogP contribution in [0.15, 0.2) is 279 Å². The van der Waals surface area contributed by atoms with Gasteiger partial charge < -0.3 is 9.13 Å². The van der Waals surface area contributed by atoms with Crippen molar-refractivity contribution in [2.75, 3.05) is 0 Å². The van der Waals surface area contributed by atoms with Gasteiger partial charge >= 0.3 is 0 Å². The maximum Gasteiger partial charge on any atom is 0.0535 e. The highest BCUT2D eigenvalue weighted by Gasteiger charge is 2.24. The van der Waals surface area contributed by atoms with Gasteiger partial charge in [0.25, 0.3) is 0 Å². The Balaban J connectivity index is 1.11. The Bertz CT molecular complexity index is 4490. The van der Waals surface area contributed by atoms with Gasteiger partial charge in [-0.15, -0.1) is 0 Å². The van der Waals surface area contributed by atoms with Gasteiger partial charge in [0.1, 0.15) is 0 Å². The van der Waals surface area contributed by atoms with Crippen LogP contribution in [0.4, 0.5) is 0 Å². The number of rotatable bonds is 8. The molecule has 74 heavy (non-hydrogen) atoms. The minimum Gasteiger partial charge on any atom is -0.309 e. The van der Waals surface area contributed by atoms with Crippen molar-refractivity contribution >= 4 is 64.6 Å². The summed E-state index contributed by atoms with van der Waals surface area (Å²) in [6.07, 6.45) is 0. The van der Waals surface area contributed by atoms with E-state index in [1.54, 1.807) is 0 Å². The van der Waals surface area contributed by atoms with Gasteiger partial charge in [0.15, 0.2) is 0 Å². The van der Waals surface area contributed by atoms with Gasteiger partial charge in [0.2, 0.25) is 0 Å². The molecule has 2 heteroatoms. The molecule has 0 aliphatic rings. The van der Waals surface area contributed by atoms with Crippen molar-refractivity contribution in [2.24, 2.45) is 0 Å². The third kappa shape index (κ3) is 6.59. The Morgan fingerprint density at radius 1 is 0.203 bits per heavy atom. The lowest BCUT2D eigenvalue weighted by Crippen LogP contribution is -2.02. The van der Waals surface area contributed by atoms with Crippen LogP contribution in [-0.2, 0) is 0 Å². The molecule has 0 N–H and O–H groups in total. The van der Waals surface area contributed by atoms with E-state index in [9.17, 15) is 0 Å². The van der Waals surface area contributed by atoms with Crippen LogP contribution in [0.25, 0.3) is 143 Å². The fourth-order valence-corrected chi connectivity index (χ4v) is 12.2. The van der Waals surface area contributed by atoms with Gasteiger partial charge in [0, 0.05) is 11.4 Å². The predicted octanol–water partition coefficient (Wildman–Crippen LogP) is 19.6. The Hall–Kier alpha value is -9.76. The number of nitrogens with zero attached hydrogens (tertiary/aromatic N) is 2. The van der Waals surface area contributed by atoms with Gasteiger partial charge in [0.05, 0.1) is 22.8 Å². The fraction of sp³-hybridized carbons (Fsp3) is 0. The molecule has 0 saturated heterocycles. The maximum absolute atomic E-state index is 2.48. The molecular formula is C72H46N2. The number of hydrogen-bond acceptors (Lipinski definition) is 0. The van der Waals surface area contributed by atoms with E-state index in [0.29, 0.717) is 0 Å². The van der Waals surface area contributed by atoms with Gasteiger partial charge in [-0.05, 0) is 158 Å². The lowest BCUT2D eigenvalue weighted by Gasteiger charge is -2.23. The molecule has 2 nitrogen and oxygen atoms in total. The van der Waals surface area contributed by atoms with E-state index in [1.165, 1.54) is 109 Å². The number of benzene rings is 13. The van der Waals surface area contributed by atoms with Crippen LogP contribution in [0, 0.1) is 0 Å². The topological polar surface area (TPSA) is 9.86 Å². The van der Waals surface area contributed by atoms with Crippen molar-refractivity contribution < 1.29 is 0 Å². The molecule has 0 radical (unpaired) electrons. The molecule has 0 spiro atoms. The molecule has 13 aromatic carbocycles. The molecule has 2 heterocycles. The lowest BCUT2D eigenvalue weighted by molar-refractivity contribution is 1.10. The zero-order valence-corrected chi connectivity index (χ0v) is 40.5. The first kappa shape index (κ1) is 42.0. The number of fused-ring (bicyclic) bond motifs is 3. The van der Waals surface area contributed by atoms with Crippen LogP contribution in [0.5, 0.6) is 0 Å². The third-order valence-electron chi connectivity index (χ3n) is 15.5. The van der Waals surface area contributed by atoms with E-state index in [2.05, 4.69) is 288 Å². The van der Waals surface area contributed by atoms with Crippen molar-refractivity contribution in [3.05, 3.63) is 279 Å². The van der Waals surface area contributed by atoms with Gasteiger partial charge in [-0.25, -0.2) is 0 Å². The Morgan fingerprint density at radius 3 is 1.07 bits per heavy atom. The second kappa shape index (κ2) is 16.9. The van der Waals surface area contributed by atoms with E-state index < -0.39 is 0 Å². The predicted molar refractivity (Wildman–Crippen MR) is 314 cm³/mol. The molecular weight excluding hydrogens is 893 g/mol. The normalized spacial score (nSPS) is 11.8. The highest BCUT2D eigenvalue weighted by atomic mass is 15.0. The van der Waals surface area contributed by atoms with Crippen molar-refractivity contribution in [1.29, 1.82) is 0 Å². The monoisotopic (exact) mass is 938 g/mol. The third-order valence-corrected chi connectivity index (χ3v) is 15.5. The molecule has 15 rings (SSSR count). The van der Waals surface area contributed by atoms with Crippen molar-refractivity contribution in [3.63, 3.8) is 0 Å². The smallest absolute Gasteiger partial charge is 0.0535 e. The van der Waals surface area contributed by atoms with E-state index in [0.717, 1.165) is 34.2 Å².